The van der Waals surface area contributed by atoms with Crippen molar-refractivity contribution in [1.29, 1.82) is 0 Å². The van der Waals surface area contributed by atoms with Crippen LogP contribution in [0.1, 0.15) is 17.0 Å². The van der Waals surface area contributed by atoms with E-state index in [0.717, 1.165) is 16.5 Å². The van der Waals surface area contributed by atoms with Gasteiger partial charge in [-0.15, -0.1) is 0 Å². The maximum Gasteiger partial charge on any atom is 0.249 e. The lowest BCUT2D eigenvalue weighted by atomic mass is 10.0. The van der Waals surface area contributed by atoms with E-state index in [1.165, 1.54) is 12.5 Å². The SMILES string of the molecule is NC(=O)/C(=C/c1c[nH]c2nc(NC(=O)Cc3ncco3)ccc12)c1ccccc1. The fourth-order valence-electron chi connectivity index (χ4n) is 2.95. The summed E-state index contributed by atoms with van der Waals surface area (Å²) in [6, 6.07) is 12.7. The van der Waals surface area contributed by atoms with Crippen molar-refractivity contribution in [2.75, 3.05) is 5.32 Å². The number of H-pyrrole nitrogens is 1. The summed E-state index contributed by atoms with van der Waals surface area (Å²) in [6.07, 6.45) is 6.37. The Labute approximate surface area is 165 Å². The lowest BCUT2D eigenvalue weighted by molar-refractivity contribution is -0.116. The summed E-state index contributed by atoms with van der Waals surface area (Å²) in [7, 11) is 0. The van der Waals surface area contributed by atoms with Gasteiger partial charge in [-0.2, -0.15) is 0 Å². The van der Waals surface area contributed by atoms with Gasteiger partial charge in [-0.25, -0.2) is 9.97 Å². The molecule has 0 saturated heterocycles. The summed E-state index contributed by atoms with van der Waals surface area (Å²) >= 11 is 0. The van der Waals surface area contributed by atoms with E-state index in [1.54, 1.807) is 18.3 Å². The molecule has 0 bridgehead atoms. The molecule has 0 atom stereocenters. The van der Waals surface area contributed by atoms with Crippen molar-refractivity contribution in [3.63, 3.8) is 0 Å². The Morgan fingerprint density at radius 1 is 1.17 bits per heavy atom. The van der Waals surface area contributed by atoms with Gasteiger partial charge in [-0.05, 0) is 23.8 Å². The van der Waals surface area contributed by atoms with Crippen LogP contribution < -0.4 is 11.1 Å². The number of amides is 2. The maximum atomic E-state index is 12.1. The van der Waals surface area contributed by atoms with E-state index in [2.05, 4.69) is 20.3 Å². The van der Waals surface area contributed by atoms with Crippen molar-refractivity contribution in [2.24, 2.45) is 5.73 Å². The smallest absolute Gasteiger partial charge is 0.249 e. The minimum Gasteiger partial charge on any atom is -0.448 e. The third-order valence-corrected chi connectivity index (χ3v) is 4.28. The Hall–Kier alpha value is -4.20. The summed E-state index contributed by atoms with van der Waals surface area (Å²) in [5.74, 6) is -0.0830. The molecular formula is C21H17N5O3. The van der Waals surface area contributed by atoms with E-state index in [1.807, 2.05) is 36.4 Å². The van der Waals surface area contributed by atoms with Crippen molar-refractivity contribution in [1.82, 2.24) is 15.0 Å². The molecule has 4 rings (SSSR count). The van der Waals surface area contributed by atoms with Crippen LogP contribution in [0.3, 0.4) is 0 Å². The predicted octanol–water partition coefficient (Wildman–Crippen LogP) is 2.76. The number of benzene rings is 1. The molecule has 0 aliphatic heterocycles. The van der Waals surface area contributed by atoms with Gasteiger partial charge in [0.2, 0.25) is 17.7 Å². The van der Waals surface area contributed by atoms with Crippen LogP contribution in [-0.2, 0) is 16.0 Å². The van der Waals surface area contributed by atoms with Crippen molar-refractivity contribution in [2.45, 2.75) is 6.42 Å². The molecule has 1 aromatic carbocycles. The normalized spacial score (nSPS) is 11.5. The zero-order chi connectivity index (χ0) is 20.2. The number of aromatic nitrogens is 3. The number of anilines is 1. The number of hydrogen-bond donors (Lipinski definition) is 3. The molecular weight excluding hydrogens is 370 g/mol. The van der Waals surface area contributed by atoms with Crippen LogP contribution in [-0.4, -0.2) is 26.8 Å². The predicted molar refractivity (Wildman–Crippen MR) is 108 cm³/mol. The Morgan fingerprint density at radius 3 is 2.72 bits per heavy atom. The molecule has 0 radical (unpaired) electrons. The fraction of sp³-hybridized carbons (Fsp3) is 0.0476. The van der Waals surface area contributed by atoms with Crippen molar-refractivity contribution < 1.29 is 14.0 Å². The van der Waals surface area contributed by atoms with Crippen LogP contribution in [0.2, 0.25) is 0 Å². The van der Waals surface area contributed by atoms with Crippen LogP contribution in [0.15, 0.2) is 65.5 Å². The molecule has 2 amide bonds. The van der Waals surface area contributed by atoms with Gasteiger partial charge in [0, 0.05) is 22.7 Å². The van der Waals surface area contributed by atoms with E-state index < -0.39 is 5.91 Å². The molecule has 0 unspecified atom stereocenters. The number of nitrogens with zero attached hydrogens (tertiary/aromatic N) is 2. The lowest BCUT2D eigenvalue weighted by Crippen LogP contribution is -2.15. The summed E-state index contributed by atoms with van der Waals surface area (Å²) in [5.41, 5.74) is 8.04. The number of nitrogens with two attached hydrogens (primary N) is 1. The van der Waals surface area contributed by atoms with Gasteiger partial charge in [0.15, 0.2) is 0 Å². The van der Waals surface area contributed by atoms with Crippen LogP contribution in [0, 0.1) is 0 Å². The first-order valence-electron chi connectivity index (χ1n) is 8.83. The molecule has 0 spiro atoms. The van der Waals surface area contributed by atoms with Crippen LogP contribution in [0.4, 0.5) is 5.82 Å². The highest BCUT2D eigenvalue weighted by molar-refractivity contribution is 6.24. The summed E-state index contributed by atoms with van der Waals surface area (Å²) < 4.78 is 5.07. The van der Waals surface area contributed by atoms with Crippen molar-refractivity contribution in [3.05, 3.63) is 78.1 Å². The second-order valence-electron chi connectivity index (χ2n) is 6.28. The number of rotatable bonds is 6. The summed E-state index contributed by atoms with van der Waals surface area (Å²) in [6.45, 7) is 0. The molecule has 0 fully saturated rings. The first-order chi connectivity index (χ1) is 14.1. The van der Waals surface area contributed by atoms with Gasteiger partial charge in [0.05, 0.1) is 6.20 Å². The molecule has 8 heteroatoms. The van der Waals surface area contributed by atoms with E-state index in [4.69, 9.17) is 10.2 Å². The molecule has 3 aromatic heterocycles. The lowest BCUT2D eigenvalue weighted by Gasteiger charge is -2.04. The van der Waals surface area contributed by atoms with E-state index in [0.29, 0.717) is 22.9 Å². The van der Waals surface area contributed by atoms with Crippen LogP contribution >= 0.6 is 0 Å². The fourth-order valence-corrected chi connectivity index (χ4v) is 2.95. The molecule has 144 valence electrons. The van der Waals surface area contributed by atoms with E-state index in [9.17, 15) is 9.59 Å². The topological polar surface area (TPSA) is 127 Å². The number of fused-ring (bicyclic) bond motifs is 1. The molecule has 0 aliphatic rings. The molecule has 4 N–H and O–H groups in total. The number of carbonyl (C=O) groups excluding carboxylic acids is 2. The maximum absolute atomic E-state index is 12.1. The van der Waals surface area contributed by atoms with Crippen LogP contribution in [0.25, 0.3) is 22.7 Å². The average Bonchev–Trinajstić information content (AvgIpc) is 3.36. The molecule has 0 saturated carbocycles. The van der Waals surface area contributed by atoms with Crippen molar-refractivity contribution in [3.8, 4) is 0 Å². The highest BCUT2D eigenvalue weighted by Gasteiger charge is 2.12. The van der Waals surface area contributed by atoms with Crippen molar-refractivity contribution >= 4 is 40.3 Å². The monoisotopic (exact) mass is 387 g/mol. The molecule has 3 heterocycles. The Balaban J connectivity index is 1.59. The number of carbonyl (C=O) groups is 2. The molecule has 0 aliphatic carbocycles. The zero-order valence-corrected chi connectivity index (χ0v) is 15.3. The standard InChI is InChI=1S/C21H17N5O3/c22-20(28)16(13-4-2-1-3-5-13)10-14-12-24-21-15(14)6-7-17(26-21)25-18(27)11-19-23-8-9-29-19/h1-10,12H,11H2,(H2,22,28)(H2,24,25,26,27)/b16-10+. The second-order valence-corrected chi connectivity index (χ2v) is 6.28. The summed E-state index contributed by atoms with van der Waals surface area (Å²) in [5, 5.41) is 3.50. The highest BCUT2D eigenvalue weighted by atomic mass is 16.3. The number of primary amides is 1. The Morgan fingerprint density at radius 2 is 2.00 bits per heavy atom. The van der Waals surface area contributed by atoms with E-state index in [-0.39, 0.29) is 12.3 Å². The minimum atomic E-state index is -0.520. The quantitative estimate of drug-likeness (QED) is 0.438. The van der Waals surface area contributed by atoms with Gasteiger partial charge < -0.3 is 20.5 Å². The first kappa shape index (κ1) is 18.2. The number of hydrogen-bond acceptors (Lipinski definition) is 5. The summed E-state index contributed by atoms with van der Waals surface area (Å²) in [4.78, 5) is 35.4. The van der Waals surface area contributed by atoms with Gasteiger partial charge in [0.25, 0.3) is 0 Å². The first-order valence-corrected chi connectivity index (χ1v) is 8.83. The van der Waals surface area contributed by atoms with Gasteiger partial charge in [-0.1, -0.05) is 30.3 Å². The Bertz CT molecular complexity index is 1190. The molecule has 8 nitrogen and oxygen atoms in total. The molecule has 4 aromatic rings. The van der Waals surface area contributed by atoms with E-state index >= 15 is 0 Å². The number of aromatic amines is 1. The Kier molecular flexibility index (Phi) is 4.90. The average molecular weight is 387 g/mol. The third kappa shape index (κ3) is 4.06. The number of oxazole rings is 1. The van der Waals surface area contributed by atoms with Crippen LogP contribution in [0.5, 0.6) is 0 Å². The number of nitrogens with one attached hydrogen (secondary N) is 2. The third-order valence-electron chi connectivity index (χ3n) is 4.28. The van der Waals surface area contributed by atoms with Gasteiger partial charge >= 0.3 is 0 Å². The zero-order valence-electron chi connectivity index (χ0n) is 15.3. The molecule has 29 heavy (non-hydrogen) atoms. The highest BCUT2D eigenvalue weighted by Crippen LogP contribution is 2.24. The second kappa shape index (κ2) is 7.81. The minimum absolute atomic E-state index is 0.0183. The van der Waals surface area contributed by atoms with Gasteiger partial charge in [-0.3, -0.25) is 9.59 Å². The number of pyridine rings is 1. The largest absolute Gasteiger partial charge is 0.448 e. The van der Waals surface area contributed by atoms with Gasteiger partial charge in [0.1, 0.15) is 24.1 Å².